The van der Waals surface area contributed by atoms with Crippen molar-refractivity contribution in [3.63, 3.8) is 0 Å². The number of fused-ring (bicyclic) bond motifs is 7. The Morgan fingerprint density at radius 3 is 2.39 bits per heavy atom. The van der Waals surface area contributed by atoms with Crippen molar-refractivity contribution in [3.8, 4) is 0 Å². The molecule has 1 fully saturated rings. The second-order valence-corrected chi connectivity index (χ2v) is 8.18. The molecule has 2 nitrogen and oxygen atoms in total. The Morgan fingerprint density at radius 2 is 1.74 bits per heavy atom. The molecule has 0 amide bonds. The molecule has 3 aromatic rings. The molecule has 116 valence electrons. The number of nitrogens with zero attached hydrogens (tertiary/aromatic N) is 2. The van der Waals surface area contributed by atoms with E-state index >= 15 is 0 Å². The normalized spacial score (nSPS) is 31.9. The fraction of sp³-hybridized carbons (Fsp3) is 0.400. The Hall–Kier alpha value is -1.48. The van der Waals surface area contributed by atoms with Gasteiger partial charge >= 0.3 is 0 Å². The first-order chi connectivity index (χ1) is 11.1. The van der Waals surface area contributed by atoms with Crippen LogP contribution in [0.5, 0.6) is 0 Å². The van der Waals surface area contributed by atoms with Gasteiger partial charge in [-0.15, -0.1) is 0 Å². The van der Waals surface area contributed by atoms with Gasteiger partial charge in [0.2, 0.25) is 0 Å². The number of halogens is 1. The summed E-state index contributed by atoms with van der Waals surface area (Å²) in [6, 6.07) is 12.9. The lowest BCUT2D eigenvalue weighted by atomic mass is 9.70. The molecule has 0 aliphatic heterocycles. The minimum atomic E-state index is 0.142. The summed E-state index contributed by atoms with van der Waals surface area (Å²) in [5.74, 6) is 0.533. The summed E-state index contributed by atoms with van der Waals surface area (Å²) in [5.41, 5.74) is 4.95. The highest BCUT2D eigenvalue weighted by atomic mass is 79.9. The Balaban J connectivity index is 1.84. The van der Waals surface area contributed by atoms with Crippen LogP contribution >= 0.6 is 15.9 Å². The minimum absolute atomic E-state index is 0.142. The van der Waals surface area contributed by atoms with Crippen molar-refractivity contribution in [1.82, 2.24) is 9.97 Å². The predicted molar refractivity (Wildman–Crippen MR) is 98.3 cm³/mol. The molecule has 2 aliphatic carbocycles. The standard InChI is InChI=1S/C20H19BrN2/c1-19-8-7-14(20(19,2)11-21)17-18(19)23-16-10-13-6-4-3-5-12(13)9-15(16)22-17/h3-6,9-10,14H,7-8,11H2,1-2H3/t14-,19+,20+/m1/s1. The van der Waals surface area contributed by atoms with Gasteiger partial charge in [0.05, 0.1) is 22.4 Å². The molecule has 0 spiro atoms. The summed E-state index contributed by atoms with van der Waals surface area (Å²) in [7, 11) is 0. The van der Waals surface area contributed by atoms with Gasteiger partial charge in [-0.3, -0.25) is 0 Å². The van der Waals surface area contributed by atoms with Crippen LogP contribution in [0, 0.1) is 5.41 Å². The number of hydrogen-bond donors (Lipinski definition) is 0. The SMILES string of the molecule is C[C@]12CC[C@H](c3nc4cc5ccccc5cc4nc31)[C@]2(C)CBr. The molecule has 0 N–H and O–H groups in total. The third-order valence-electron chi connectivity index (χ3n) is 6.65. The fourth-order valence-electron chi connectivity index (χ4n) is 4.89. The van der Waals surface area contributed by atoms with Gasteiger partial charge in [0.1, 0.15) is 0 Å². The lowest BCUT2D eigenvalue weighted by Crippen LogP contribution is -2.36. The second-order valence-electron chi connectivity index (χ2n) is 7.62. The van der Waals surface area contributed by atoms with Gasteiger partial charge in [-0.2, -0.15) is 0 Å². The summed E-state index contributed by atoms with van der Waals surface area (Å²) < 4.78 is 0. The van der Waals surface area contributed by atoms with Crippen molar-refractivity contribution < 1.29 is 0 Å². The van der Waals surface area contributed by atoms with Crippen molar-refractivity contribution in [2.45, 2.75) is 38.0 Å². The summed E-state index contributed by atoms with van der Waals surface area (Å²) in [6.07, 6.45) is 2.46. The Labute approximate surface area is 144 Å². The molecule has 23 heavy (non-hydrogen) atoms. The summed E-state index contributed by atoms with van der Waals surface area (Å²) in [4.78, 5) is 10.2. The molecule has 0 radical (unpaired) electrons. The zero-order valence-corrected chi connectivity index (χ0v) is 15.0. The van der Waals surface area contributed by atoms with Crippen molar-refractivity contribution in [3.05, 3.63) is 47.8 Å². The fourth-order valence-corrected chi connectivity index (χ4v) is 5.90. The second kappa shape index (κ2) is 4.32. The maximum atomic E-state index is 5.12. The maximum Gasteiger partial charge on any atom is 0.0897 e. The first-order valence-electron chi connectivity index (χ1n) is 8.34. The van der Waals surface area contributed by atoms with Crippen LogP contribution in [0.2, 0.25) is 0 Å². The highest BCUT2D eigenvalue weighted by molar-refractivity contribution is 9.09. The largest absolute Gasteiger partial charge is 0.249 e. The third-order valence-corrected chi connectivity index (χ3v) is 7.82. The summed E-state index contributed by atoms with van der Waals surface area (Å²) in [6.45, 7) is 4.80. The van der Waals surface area contributed by atoms with Crippen LogP contribution in [0.25, 0.3) is 21.8 Å². The van der Waals surface area contributed by atoms with Gasteiger partial charge in [0.15, 0.2) is 0 Å². The van der Waals surface area contributed by atoms with Crippen molar-refractivity contribution in [2.75, 3.05) is 5.33 Å². The van der Waals surface area contributed by atoms with E-state index in [2.05, 4.69) is 66.2 Å². The number of rotatable bonds is 1. The molecule has 2 bridgehead atoms. The van der Waals surface area contributed by atoms with E-state index in [4.69, 9.17) is 9.97 Å². The number of benzene rings is 2. The van der Waals surface area contributed by atoms with Gasteiger partial charge in [0, 0.05) is 16.7 Å². The third kappa shape index (κ3) is 1.54. The van der Waals surface area contributed by atoms with Crippen LogP contribution in [0.4, 0.5) is 0 Å². The van der Waals surface area contributed by atoms with E-state index in [1.54, 1.807) is 0 Å². The Kier molecular flexibility index (Phi) is 2.62. The summed E-state index contributed by atoms with van der Waals surface area (Å²) >= 11 is 3.78. The average Bonchev–Trinajstić information content (AvgIpc) is 2.93. The van der Waals surface area contributed by atoms with E-state index < -0.39 is 0 Å². The molecular formula is C20H19BrN2. The zero-order chi connectivity index (χ0) is 15.8. The van der Waals surface area contributed by atoms with Gasteiger partial charge in [-0.25, -0.2) is 9.97 Å². The molecule has 1 saturated carbocycles. The number of aromatic nitrogens is 2. The quantitative estimate of drug-likeness (QED) is 0.429. The molecule has 2 aliphatic rings. The van der Waals surface area contributed by atoms with Crippen LogP contribution in [-0.2, 0) is 5.41 Å². The molecule has 2 aromatic carbocycles. The topological polar surface area (TPSA) is 25.8 Å². The maximum absolute atomic E-state index is 5.12. The first-order valence-corrected chi connectivity index (χ1v) is 9.46. The molecule has 5 rings (SSSR count). The number of hydrogen-bond acceptors (Lipinski definition) is 2. The molecule has 1 heterocycles. The van der Waals surface area contributed by atoms with E-state index in [1.165, 1.54) is 35.0 Å². The van der Waals surface area contributed by atoms with Gasteiger partial charge in [0.25, 0.3) is 0 Å². The van der Waals surface area contributed by atoms with Crippen molar-refractivity contribution in [2.24, 2.45) is 5.41 Å². The van der Waals surface area contributed by atoms with E-state index in [1.807, 2.05) is 0 Å². The average molecular weight is 367 g/mol. The van der Waals surface area contributed by atoms with Gasteiger partial charge in [-0.05, 0) is 41.2 Å². The van der Waals surface area contributed by atoms with Crippen LogP contribution in [0.1, 0.15) is 44.0 Å². The minimum Gasteiger partial charge on any atom is -0.249 e. The predicted octanol–water partition coefficient (Wildman–Crippen LogP) is 5.33. The van der Waals surface area contributed by atoms with E-state index in [9.17, 15) is 0 Å². The zero-order valence-electron chi connectivity index (χ0n) is 13.4. The van der Waals surface area contributed by atoms with Crippen molar-refractivity contribution >= 4 is 37.7 Å². The van der Waals surface area contributed by atoms with E-state index in [-0.39, 0.29) is 10.8 Å². The van der Waals surface area contributed by atoms with E-state index in [0.29, 0.717) is 5.92 Å². The van der Waals surface area contributed by atoms with Crippen LogP contribution in [-0.4, -0.2) is 15.3 Å². The van der Waals surface area contributed by atoms with E-state index in [0.717, 1.165) is 16.4 Å². The van der Waals surface area contributed by atoms with Crippen LogP contribution in [0.15, 0.2) is 36.4 Å². The van der Waals surface area contributed by atoms with Crippen molar-refractivity contribution in [1.29, 1.82) is 0 Å². The smallest absolute Gasteiger partial charge is 0.0897 e. The highest BCUT2D eigenvalue weighted by Gasteiger charge is 2.63. The monoisotopic (exact) mass is 366 g/mol. The molecular weight excluding hydrogens is 348 g/mol. The molecule has 1 aromatic heterocycles. The van der Waals surface area contributed by atoms with Gasteiger partial charge in [-0.1, -0.05) is 54.0 Å². The van der Waals surface area contributed by atoms with Crippen LogP contribution < -0.4 is 0 Å². The summed E-state index contributed by atoms with van der Waals surface area (Å²) in [5, 5.41) is 3.50. The Bertz CT molecular complexity index is 966. The lowest BCUT2D eigenvalue weighted by Gasteiger charge is -2.36. The van der Waals surface area contributed by atoms with Gasteiger partial charge < -0.3 is 0 Å². The Morgan fingerprint density at radius 1 is 1.09 bits per heavy atom. The molecule has 0 saturated heterocycles. The van der Waals surface area contributed by atoms with Crippen LogP contribution in [0.3, 0.4) is 0 Å². The number of alkyl halides is 1. The molecule has 3 atom stereocenters. The highest BCUT2D eigenvalue weighted by Crippen LogP contribution is 2.67. The molecule has 3 heteroatoms. The lowest BCUT2D eigenvalue weighted by molar-refractivity contribution is 0.236. The molecule has 0 unspecified atom stereocenters. The first kappa shape index (κ1) is 13.9.